The highest BCUT2D eigenvalue weighted by Gasteiger charge is 2.43. The standard InChI is InChI=1S/C19H23N3O2S.C17H18N2OS.C14H18N2O2.C7H6N2.2F2.2FH/c1-5-8-22-17(23)15-16(21-18(22)25-10-9-24-4)14-6-7-20-12-13(14)11-19(15,2)3;1-4-7-19-14(21)8-13-12-5-6-18-10-11(12)9-17(2,3)15(13)16(19)20;1-4-18-13(17)11-12(15)10-5-6-16-8-9(10)7-14(11,2)3;1-6-5-9-3-2-7(6)4-8;2*1-2;;/h5-7,12H,1,8-11H2,2-4H3;4-6,10H,1,7-9H2,2-3H3;5-6,8H,4,7,15H2,1-3H3;2-3,5H,1H3;;;2*1H. The number of halogens is 6. The third-order valence-electron chi connectivity index (χ3n) is 13.1. The predicted molar refractivity (Wildman–Crippen MR) is 302 cm³/mol. The molecule has 424 valence electrons. The lowest BCUT2D eigenvalue weighted by Crippen LogP contribution is -2.45. The highest BCUT2D eigenvalue weighted by atomic mass is 32.2. The van der Waals surface area contributed by atoms with Crippen molar-refractivity contribution in [2.75, 3.05) is 32.6 Å². The van der Waals surface area contributed by atoms with Crippen molar-refractivity contribution in [3.05, 3.63) is 165 Å². The molecule has 5 aromatic heterocycles. The Morgan fingerprint density at radius 3 is 1.89 bits per heavy atom. The lowest BCUT2D eigenvalue weighted by atomic mass is 9.68. The minimum absolute atomic E-state index is 0. The largest absolute Gasteiger partial charge is 0.463 e. The van der Waals surface area contributed by atoms with Gasteiger partial charge in [0.05, 0.1) is 46.8 Å². The average Bonchev–Trinajstić information content (AvgIpc) is 3.48. The first kappa shape index (κ1) is 67.8. The van der Waals surface area contributed by atoms with E-state index in [2.05, 4.69) is 66.9 Å². The number of thioether (sulfide) groups is 1. The summed E-state index contributed by atoms with van der Waals surface area (Å²) in [5, 5.41) is 9.15. The van der Waals surface area contributed by atoms with Gasteiger partial charge in [0.2, 0.25) is 0 Å². The van der Waals surface area contributed by atoms with E-state index in [0.29, 0.717) is 59.7 Å². The summed E-state index contributed by atoms with van der Waals surface area (Å²) in [4.78, 5) is 61.9. The molecule has 6 heterocycles. The molecule has 9 rings (SSSR count). The average molecular weight is 1140 g/mol. The van der Waals surface area contributed by atoms with Crippen molar-refractivity contribution in [3.8, 4) is 17.3 Å². The number of rotatable bonds is 10. The topological polar surface area (TPSA) is 192 Å². The Bertz CT molecular complexity index is 3140. The van der Waals surface area contributed by atoms with Crippen LogP contribution < -0.4 is 11.3 Å². The van der Waals surface area contributed by atoms with Crippen LogP contribution >= 0.6 is 24.0 Å². The van der Waals surface area contributed by atoms with Gasteiger partial charge in [-0.1, -0.05) is 77.7 Å². The number of esters is 1. The zero-order valence-electron chi connectivity index (χ0n) is 45.7. The van der Waals surface area contributed by atoms with E-state index in [9.17, 15) is 14.4 Å². The Morgan fingerprint density at radius 1 is 0.823 bits per heavy atom. The number of carbonyl (C=O) groups is 2. The molecular formula is C57H67F6N9O5S2. The van der Waals surface area contributed by atoms with Crippen LogP contribution in [0.2, 0.25) is 0 Å². The van der Waals surface area contributed by atoms with Crippen LogP contribution in [0, 0.1) is 29.1 Å². The van der Waals surface area contributed by atoms with Crippen LogP contribution in [0.25, 0.3) is 22.5 Å². The molecule has 5 aromatic rings. The smallest absolute Gasteiger partial charge is 0.336 e. The molecule has 14 nitrogen and oxygen atoms in total. The van der Waals surface area contributed by atoms with Gasteiger partial charge in [-0.2, -0.15) is 5.26 Å². The van der Waals surface area contributed by atoms with Crippen LogP contribution in [-0.2, 0) is 50.3 Å². The first-order valence-corrected chi connectivity index (χ1v) is 25.8. The van der Waals surface area contributed by atoms with Gasteiger partial charge in [-0.3, -0.25) is 48.4 Å². The van der Waals surface area contributed by atoms with Crippen molar-refractivity contribution in [3.63, 3.8) is 0 Å². The van der Waals surface area contributed by atoms with E-state index in [1.165, 1.54) is 17.3 Å². The number of nitrogens with two attached hydrogens (primary N) is 1. The molecule has 0 aromatic carbocycles. The maximum atomic E-state index is 13.3. The SMILES string of the molecule is C=CCN1C(=O)C2=C(CC1=S)c1ccncc1CC2(C)C.C=CCn1c(SCCOC)nc2c(c1=O)C(C)(C)Cc1cnccc1-2.CCOC(=O)C1=C(N)c2ccncc2CC1(C)C.Cc1cnccc1C#N.F.F.FF.FF. The van der Waals surface area contributed by atoms with Crippen molar-refractivity contribution in [1.29, 1.82) is 5.26 Å². The number of nitriles is 1. The number of pyridine rings is 4. The van der Waals surface area contributed by atoms with Crippen LogP contribution in [0.5, 0.6) is 0 Å². The Hall–Kier alpha value is -7.35. The van der Waals surface area contributed by atoms with E-state index >= 15 is 0 Å². The fourth-order valence-electron chi connectivity index (χ4n) is 9.78. The zero-order valence-corrected chi connectivity index (χ0v) is 47.3. The molecule has 0 radical (unpaired) electrons. The van der Waals surface area contributed by atoms with Crippen molar-refractivity contribution in [1.82, 2.24) is 34.4 Å². The van der Waals surface area contributed by atoms with Crippen LogP contribution in [0.15, 0.2) is 120 Å². The monoisotopic (exact) mass is 1140 g/mol. The molecule has 2 N–H and O–H groups in total. The highest BCUT2D eigenvalue weighted by Crippen LogP contribution is 2.47. The number of ether oxygens (including phenoxy) is 2. The third-order valence-corrected chi connectivity index (χ3v) is 14.4. The molecular weight excluding hydrogens is 1070 g/mol. The highest BCUT2D eigenvalue weighted by molar-refractivity contribution is 7.99. The number of carbonyl (C=O) groups excluding carboxylic acids is 2. The number of hydrogen-bond donors (Lipinski definition) is 1. The second-order valence-electron chi connectivity index (χ2n) is 19.9. The summed E-state index contributed by atoms with van der Waals surface area (Å²) in [5.74, 6) is 0.460. The predicted octanol–water partition coefficient (Wildman–Crippen LogP) is 11.4. The third kappa shape index (κ3) is 15.7. The molecule has 0 saturated heterocycles. The van der Waals surface area contributed by atoms with Crippen LogP contribution in [0.3, 0.4) is 0 Å². The van der Waals surface area contributed by atoms with E-state index in [-0.39, 0.29) is 43.1 Å². The summed E-state index contributed by atoms with van der Waals surface area (Å²) in [7, 11) is 1.67. The number of allylic oxidation sites excluding steroid dienone is 1. The summed E-state index contributed by atoms with van der Waals surface area (Å²) < 4.78 is 44.0. The van der Waals surface area contributed by atoms with Gasteiger partial charge < -0.3 is 15.2 Å². The van der Waals surface area contributed by atoms with Gasteiger partial charge in [0, 0.05) is 133 Å². The van der Waals surface area contributed by atoms with E-state index in [1.807, 2.05) is 57.6 Å². The molecule has 1 aliphatic heterocycles. The number of methoxy groups -OCH3 is 1. The maximum Gasteiger partial charge on any atom is 0.336 e. The van der Waals surface area contributed by atoms with E-state index in [4.69, 9.17) is 56.0 Å². The van der Waals surface area contributed by atoms with Crippen molar-refractivity contribution >= 4 is 52.1 Å². The fourth-order valence-corrected chi connectivity index (χ4v) is 11.0. The molecule has 22 heteroatoms. The summed E-state index contributed by atoms with van der Waals surface area (Å²) in [6.45, 7) is 25.5. The summed E-state index contributed by atoms with van der Waals surface area (Å²) >= 11 is 6.99. The minimum atomic E-state index is -0.327. The molecule has 0 fully saturated rings. The van der Waals surface area contributed by atoms with Gasteiger partial charge in [0.1, 0.15) is 0 Å². The van der Waals surface area contributed by atoms with Crippen LogP contribution in [-0.4, -0.2) is 83.9 Å². The molecule has 3 aliphatic carbocycles. The van der Waals surface area contributed by atoms with Gasteiger partial charge in [-0.15, -0.1) is 13.2 Å². The molecule has 0 bridgehead atoms. The van der Waals surface area contributed by atoms with Crippen molar-refractivity contribution in [2.45, 2.75) is 98.2 Å². The van der Waals surface area contributed by atoms with E-state index in [1.54, 1.807) is 72.7 Å². The quantitative estimate of drug-likeness (QED) is 0.0264. The molecule has 0 atom stereocenters. The number of hydrogen-bond acceptors (Lipinski definition) is 14. The van der Waals surface area contributed by atoms with Gasteiger partial charge in [-0.05, 0) is 96.2 Å². The zero-order chi connectivity index (χ0) is 57.3. The molecule has 79 heavy (non-hydrogen) atoms. The molecule has 0 saturated carbocycles. The number of aryl methyl sites for hydroxylation is 1. The second kappa shape index (κ2) is 30.7. The van der Waals surface area contributed by atoms with Crippen LogP contribution in [0.4, 0.5) is 27.7 Å². The minimum Gasteiger partial charge on any atom is -0.463 e. The molecule has 0 spiro atoms. The summed E-state index contributed by atoms with van der Waals surface area (Å²) in [6.07, 6.45) is 20.6. The number of aromatic nitrogens is 6. The lowest BCUT2D eigenvalue weighted by molar-refractivity contribution is -0.139. The number of fused-ring (bicyclic) bond motifs is 6. The first-order valence-electron chi connectivity index (χ1n) is 24.4. The van der Waals surface area contributed by atoms with Gasteiger partial charge >= 0.3 is 5.97 Å². The fraction of sp³-hybridized carbons (Fsp3) is 0.368. The van der Waals surface area contributed by atoms with Gasteiger partial charge in [0.15, 0.2) is 5.16 Å². The number of nitrogens with zero attached hydrogens (tertiary/aromatic N) is 8. The second-order valence-corrected chi connectivity index (χ2v) is 21.4. The van der Waals surface area contributed by atoms with Crippen LogP contribution in [0.1, 0.15) is 99.4 Å². The normalized spacial score (nSPS) is 15.1. The number of amides is 1. The Balaban J connectivity index is 0.000000363. The van der Waals surface area contributed by atoms with E-state index in [0.717, 1.165) is 80.8 Å². The summed E-state index contributed by atoms with van der Waals surface area (Å²) in [6, 6.07) is 9.56. The Labute approximate surface area is 466 Å². The molecule has 0 unspecified atom stereocenters. The lowest BCUT2D eigenvalue weighted by Gasteiger charge is -2.41. The summed E-state index contributed by atoms with van der Waals surface area (Å²) in [5.41, 5.74) is 18.1. The molecule has 4 aliphatic rings. The maximum absolute atomic E-state index is 13.3. The van der Waals surface area contributed by atoms with E-state index < -0.39 is 0 Å². The van der Waals surface area contributed by atoms with Crippen molar-refractivity contribution < 1.29 is 46.8 Å². The first-order chi connectivity index (χ1) is 36.8. The Kier molecular flexibility index (Phi) is 26.3. The number of thiocarbonyl (C=S) groups is 1. The van der Waals surface area contributed by atoms with Crippen molar-refractivity contribution in [2.24, 2.45) is 16.6 Å². The van der Waals surface area contributed by atoms with Gasteiger partial charge in [-0.25, -0.2) is 9.78 Å². The molecule has 1 amide bonds. The van der Waals surface area contributed by atoms with Gasteiger partial charge in [0.25, 0.3) is 11.5 Å². The Morgan fingerprint density at radius 2 is 1.34 bits per heavy atom.